The Morgan fingerprint density at radius 3 is 2.44 bits per heavy atom. The highest BCUT2D eigenvalue weighted by Crippen LogP contribution is 2.56. The van der Waals surface area contributed by atoms with Gasteiger partial charge < -0.3 is 11.1 Å². The summed E-state index contributed by atoms with van der Waals surface area (Å²) in [7, 11) is 0. The molecule has 138 valence electrons. The molecule has 2 heterocycles. The molecule has 0 unspecified atom stereocenters. The molecule has 4 aliphatic carbocycles. The molecule has 3 aromatic rings. The van der Waals surface area contributed by atoms with Crippen molar-refractivity contribution in [2.24, 2.45) is 17.8 Å². The number of benzene rings is 1. The number of fused-ring (bicyclic) bond motifs is 1. The number of nitrogen functional groups attached to an aromatic ring is 1. The van der Waals surface area contributed by atoms with Crippen molar-refractivity contribution in [3.05, 3.63) is 30.6 Å². The van der Waals surface area contributed by atoms with E-state index in [0.29, 0.717) is 11.5 Å². The van der Waals surface area contributed by atoms with Crippen molar-refractivity contribution in [1.29, 1.82) is 0 Å². The van der Waals surface area contributed by atoms with Crippen LogP contribution >= 0.6 is 0 Å². The van der Waals surface area contributed by atoms with Crippen LogP contribution in [0.5, 0.6) is 0 Å². The molecule has 0 atom stereocenters. The summed E-state index contributed by atoms with van der Waals surface area (Å²) in [5, 5.41) is 12.3. The maximum Gasteiger partial charge on any atom is 0.184 e. The van der Waals surface area contributed by atoms with Crippen molar-refractivity contribution in [1.82, 2.24) is 25.0 Å². The van der Waals surface area contributed by atoms with Gasteiger partial charge in [0.25, 0.3) is 0 Å². The third kappa shape index (κ3) is 2.33. The number of nitrogens with one attached hydrogen (secondary N) is 1. The van der Waals surface area contributed by atoms with Crippen molar-refractivity contribution >= 4 is 22.5 Å². The van der Waals surface area contributed by atoms with Gasteiger partial charge in [-0.15, -0.1) is 5.10 Å². The molecular weight excluding hydrogens is 338 g/mol. The Morgan fingerprint density at radius 2 is 1.70 bits per heavy atom. The number of anilines is 2. The first-order valence-electron chi connectivity index (χ1n) is 9.89. The van der Waals surface area contributed by atoms with Crippen LogP contribution in [0.1, 0.15) is 38.5 Å². The summed E-state index contributed by atoms with van der Waals surface area (Å²) in [5.41, 5.74) is 8.93. The number of nitrogens with two attached hydrogens (primary N) is 1. The van der Waals surface area contributed by atoms with Crippen LogP contribution in [0.3, 0.4) is 0 Å². The van der Waals surface area contributed by atoms with E-state index in [1.165, 1.54) is 38.5 Å². The van der Waals surface area contributed by atoms with Gasteiger partial charge in [-0.05, 0) is 68.4 Å². The molecule has 4 fully saturated rings. The summed E-state index contributed by atoms with van der Waals surface area (Å²) in [4.78, 5) is 8.91. The van der Waals surface area contributed by atoms with E-state index in [9.17, 15) is 0 Å². The van der Waals surface area contributed by atoms with Crippen molar-refractivity contribution in [3.63, 3.8) is 0 Å². The van der Waals surface area contributed by atoms with Gasteiger partial charge in [0.05, 0.1) is 5.52 Å². The summed E-state index contributed by atoms with van der Waals surface area (Å²) >= 11 is 0. The topological polar surface area (TPSA) is 94.5 Å². The van der Waals surface area contributed by atoms with Crippen LogP contribution < -0.4 is 11.1 Å². The van der Waals surface area contributed by atoms with Crippen molar-refractivity contribution < 1.29 is 0 Å². The van der Waals surface area contributed by atoms with Gasteiger partial charge in [0, 0.05) is 5.54 Å². The summed E-state index contributed by atoms with van der Waals surface area (Å²) in [6, 6.07) is 7.83. The van der Waals surface area contributed by atoms with Crippen molar-refractivity contribution in [2.45, 2.75) is 44.1 Å². The van der Waals surface area contributed by atoms with E-state index in [2.05, 4.69) is 25.6 Å². The normalized spacial score (nSPS) is 31.5. The zero-order valence-electron chi connectivity index (χ0n) is 15.2. The lowest BCUT2D eigenvalue weighted by Crippen LogP contribution is -2.55. The number of aromatic nitrogens is 5. The molecule has 1 aromatic carbocycles. The van der Waals surface area contributed by atoms with Gasteiger partial charge in [-0.2, -0.15) is 4.68 Å². The smallest absolute Gasteiger partial charge is 0.184 e. The Hall–Kier alpha value is -2.70. The first kappa shape index (κ1) is 15.4. The van der Waals surface area contributed by atoms with Gasteiger partial charge in [0.2, 0.25) is 0 Å². The predicted molar refractivity (Wildman–Crippen MR) is 103 cm³/mol. The molecule has 0 amide bonds. The number of hydrogen-bond acceptors (Lipinski definition) is 6. The third-order valence-electron chi connectivity index (χ3n) is 6.84. The molecular formula is C20H23N7. The Morgan fingerprint density at radius 1 is 1.00 bits per heavy atom. The summed E-state index contributed by atoms with van der Waals surface area (Å²) in [5.74, 6) is 3.93. The molecule has 7 nitrogen and oxygen atoms in total. The maximum absolute atomic E-state index is 6.52. The van der Waals surface area contributed by atoms with Crippen LogP contribution in [0.2, 0.25) is 0 Å². The standard InChI is InChI=1S/C20H23N7/c21-17-18(24-20-8-12-5-13(9-20)7-14(6-12)10-20)22-11-23-19(17)27-16-4-2-1-3-15(16)25-26-27/h1-4,11-14H,5-10,21H2,(H,22,23,24). The highest BCUT2D eigenvalue weighted by atomic mass is 15.4. The lowest BCUT2D eigenvalue weighted by Gasteiger charge is -2.57. The zero-order valence-corrected chi connectivity index (χ0v) is 15.2. The molecule has 0 radical (unpaired) electrons. The number of para-hydroxylation sites is 1. The van der Waals surface area contributed by atoms with E-state index in [1.807, 2.05) is 24.3 Å². The zero-order chi connectivity index (χ0) is 18.0. The fraction of sp³-hybridized carbons (Fsp3) is 0.500. The second-order valence-electron chi connectivity index (χ2n) is 8.77. The summed E-state index contributed by atoms with van der Waals surface area (Å²) in [6.07, 6.45) is 9.53. The molecule has 3 N–H and O–H groups in total. The minimum atomic E-state index is 0.152. The molecule has 0 spiro atoms. The lowest BCUT2D eigenvalue weighted by atomic mass is 9.53. The highest BCUT2D eigenvalue weighted by molar-refractivity contribution is 5.79. The Balaban J connectivity index is 1.39. The van der Waals surface area contributed by atoms with Crippen molar-refractivity contribution in [3.8, 4) is 5.82 Å². The molecule has 2 aromatic heterocycles. The SMILES string of the molecule is Nc1c(NC23CC4CC(CC(C4)C2)C3)ncnc1-n1nnc2ccccc21. The lowest BCUT2D eigenvalue weighted by molar-refractivity contribution is 0.0106. The van der Waals surface area contributed by atoms with Gasteiger partial charge in [0.15, 0.2) is 11.6 Å². The van der Waals surface area contributed by atoms with Crippen LogP contribution in [0.4, 0.5) is 11.5 Å². The summed E-state index contributed by atoms with van der Waals surface area (Å²) < 4.78 is 1.71. The second-order valence-corrected chi connectivity index (χ2v) is 8.77. The first-order valence-corrected chi connectivity index (χ1v) is 9.89. The van der Waals surface area contributed by atoms with Crippen molar-refractivity contribution in [2.75, 3.05) is 11.1 Å². The average molecular weight is 361 g/mol. The van der Waals surface area contributed by atoms with E-state index < -0.39 is 0 Å². The summed E-state index contributed by atoms with van der Waals surface area (Å²) in [6.45, 7) is 0. The fourth-order valence-corrected chi connectivity index (χ4v) is 6.19. The van der Waals surface area contributed by atoms with E-state index in [1.54, 1.807) is 11.0 Å². The van der Waals surface area contributed by atoms with E-state index in [-0.39, 0.29) is 5.54 Å². The molecule has 4 saturated carbocycles. The van der Waals surface area contributed by atoms with Crippen LogP contribution in [0.25, 0.3) is 16.9 Å². The minimum absolute atomic E-state index is 0.152. The quantitative estimate of drug-likeness (QED) is 0.744. The Kier molecular flexibility index (Phi) is 3.08. The van der Waals surface area contributed by atoms with Crippen LogP contribution in [0.15, 0.2) is 30.6 Å². The van der Waals surface area contributed by atoms with E-state index in [0.717, 1.165) is 34.6 Å². The van der Waals surface area contributed by atoms with Crippen LogP contribution in [-0.4, -0.2) is 30.5 Å². The highest BCUT2D eigenvalue weighted by Gasteiger charge is 2.51. The molecule has 0 saturated heterocycles. The molecule has 4 bridgehead atoms. The van der Waals surface area contributed by atoms with Gasteiger partial charge in [-0.1, -0.05) is 17.3 Å². The van der Waals surface area contributed by atoms with Gasteiger partial charge in [-0.25, -0.2) is 9.97 Å². The van der Waals surface area contributed by atoms with Gasteiger partial charge in [-0.3, -0.25) is 0 Å². The first-order chi connectivity index (χ1) is 13.2. The fourth-order valence-electron chi connectivity index (χ4n) is 6.19. The van der Waals surface area contributed by atoms with Crippen LogP contribution in [0, 0.1) is 17.8 Å². The molecule has 27 heavy (non-hydrogen) atoms. The third-order valence-corrected chi connectivity index (χ3v) is 6.84. The molecule has 4 aliphatic rings. The van der Waals surface area contributed by atoms with Gasteiger partial charge >= 0.3 is 0 Å². The number of hydrogen-bond donors (Lipinski definition) is 2. The predicted octanol–water partition coefficient (Wildman–Crippen LogP) is 3.17. The van der Waals surface area contributed by atoms with Crippen LogP contribution in [-0.2, 0) is 0 Å². The number of rotatable bonds is 3. The molecule has 7 heteroatoms. The Bertz CT molecular complexity index is 989. The van der Waals surface area contributed by atoms with Gasteiger partial charge in [0.1, 0.15) is 17.5 Å². The minimum Gasteiger partial charge on any atom is -0.393 e. The van der Waals surface area contributed by atoms with E-state index >= 15 is 0 Å². The number of nitrogens with zero attached hydrogens (tertiary/aromatic N) is 5. The molecule has 0 aliphatic heterocycles. The second kappa shape index (κ2) is 5.41. The average Bonchev–Trinajstić information content (AvgIpc) is 3.06. The molecule has 7 rings (SSSR count). The maximum atomic E-state index is 6.52. The largest absolute Gasteiger partial charge is 0.393 e. The Labute approximate surface area is 157 Å². The monoisotopic (exact) mass is 361 g/mol. The van der Waals surface area contributed by atoms with E-state index in [4.69, 9.17) is 5.73 Å².